The maximum Gasteiger partial charge on any atom is 0.416 e. The molecular formula is C23H25F3N4O2. The molecule has 9 heteroatoms. The average molecular weight is 446 g/mol. The van der Waals surface area contributed by atoms with E-state index in [9.17, 15) is 18.0 Å². The minimum Gasteiger partial charge on any atom is -0.471 e. The molecular weight excluding hydrogens is 421 g/mol. The molecule has 1 aliphatic carbocycles. The average Bonchev–Trinajstić information content (AvgIpc) is 3.55. The lowest BCUT2D eigenvalue weighted by molar-refractivity contribution is -0.137. The summed E-state index contributed by atoms with van der Waals surface area (Å²) in [5.41, 5.74) is 0.946. The topological polar surface area (TPSA) is 58.6 Å². The molecule has 0 radical (unpaired) electrons. The molecule has 0 bridgehead atoms. The second kappa shape index (κ2) is 8.35. The molecule has 1 saturated carbocycles. The third-order valence-corrected chi connectivity index (χ3v) is 6.40. The van der Waals surface area contributed by atoms with Crippen LogP contribution in [-0.2, 0) is 17.5 Å². The number of hydrogen-bond acceptors (Lipinski definition) is 5. The summed E-state index contributed by atoms with van der Waals surface area (Å²) in [4.78, 5) is 25.4. The van der Waals surface area contributed by atoms with Gasteiger partial charge in [0.1, 0.15) is 6.10 Å². The number of carbonyl (C=O) groups is 1. The van der Waals surface area contributed by atoms with Gasteiger partial charge in [0, 0.05) is 44.4 Å². The van der Waals surface area contributed by atoms with E-state index in [0.29, 0.717) is 56.4 Å². The number of halogens is 3. The lowest BCUT2D eigenvalue weighted by Crippen LogP contribution is -2.38. The Hall–Kier alpha value is -2.68. The summed E-state index contributed by atoms with van der Waals surface area (Å²) >= 11 is 0. The molecule has 2 atom stereocenters. The van der Waals surface area contributed by atoms with Crippen molar-refractivity contribution >= 4 is 5.91 Å². The van der Waals surface area contributed by atoms with Gasteiger partial charge in [-0.2, -0.15) is 13.2 Å². The number of aromatic nitrogens is 2. The number of carbonyl (C=O) groups excluding carboxylic acids is 1. The first-order valence-electron chi connectivity index (χ1n) is 11.0. The monoisotopic (exact) mass is 446 g/mol. The number of alkyl halides is 3. The van der Waals surface area contributed by atoms with Crippen LogP contribution in [0.4, 0.5) is 13.2 Å². The van der Waals surface area contributed by atoms with E-state index in [4.69, 9.17) is 4.74 Å². The van der Waals surface area contributed by atoms with Gasteiger partial charge < -0.3 is 9.64 Å². The Labute approximate surface area is 184 Å². The van der Waals surface area contributed by atoms with E-state index < -0.39 is 11.7 Å². The van der Waals surface area contributed by atoms with Gasteiger partial charge in [-0.05, 0) is 24.5 Å². The summed E-state index contributed by atoms with van der Waals surface area (Å²) < 4.78 is 45.1. The van der Waals surface area contributed by atoms with Crippen LogP contribution in [0.25, 0.3) is 0 Å². The fraction of sp³-hybridized carbons (Fsp3) is 0.522. The maximum atomic E-state index is 13.0. The van der Waals surface area contributed by atoms with Crippen LogP contribution >= 0.6 is 0 Å². The zero-order valence-electron chi connectivity index (χ0n) is 17.6. The van der Waals surface area contributed by atoms with Crippen LogP contribution in [0.3, 0.4) is 0 Å². The molecule has 3 fully saturated rings. The van der Waals surface area contributed by atoms with Gasteiger partial charge in [0.05, 0.1) is 30.2 Å². The van der Waals surface area contributed by atoms with Crippen molar-refractivity contribution in [1.29, 1.82) is 0 Å². The molecule has 1 amide bonds. The summed E-state index contributed by atoms with van der Waals surface area (Å²) in [6.45, 7) is 2.00. The first-order chi connectivity index (χ1) is 15.3. The first-order valence-corrected chi connectivity index (χ1v) is 11.0. The van der Waals surface area contributed by atoms with E-state index in [1.54, 1.807) is 18.5 Å². The van der Waals surface area contributed by atoms with Crippen molar-refractivity contribution < 1.29 is 22.7 Å². The number of nitrogens with zero attached hydrogens (tertiary/aromatic N) is 4. The van der Waals surface area contributed by atoms with Crippen molar-refractivity contribution in [2.45, 2.75) is 56.5 Å². The molecule has 32 heavy (non-hydrogen) atoms. The second-order valence-electron chi connectivity index (χ2n) is 8.91. The van der Waals surface area contributed by atoms with Crippen molar-refractivity contribution in [1.82, 2.24) is 19.8 Å². The highest BCUT2D eigenvalue weighted by Crippen LogP contribution is 2.38. The van der Waals surface area contributed by atoms with Crippen molar-refractivity contribution in [2.24, 2.45) is 0 Å². The van der Waals surface area contributed by atoms with Gasteiger partial charge in [-0.3, -0.25) is 14.7 Å². The molecule has 5 rings (SSSR count). The number of hydrogen-bond donors (Lipinski definition) is 0. The fourth-order valence-corrected chi connectivity index (χ4v) is 4.62. The Morgan fingerprint density at radius 2 is 1.97 bits per heavy atom. The second-order valence-corrected chi connectivity index (χ2v) is 8.91. The van der Waals surface area contributed by atoms with Crippen LogP contribution in [0.1, 0.15) is 48.4 Å². The van der Waals surface area contributed by atoms with Gasteiger partial charge in [0.25, 0.3) is 0 Å². The van der Waals surface area contributed by atoms with Crippen molar-refractivity contribution in [3.05, 3.63) is 53.5 Å². The van der Waals surface area contributed by atoms with E-state index in [0.717, 1.165) is 24.6 Å². The van der Waals surface area contributed by atoms with E-state index >= 15 is 0 Å². The van der Waals surface area contributed by atoms with E-state index in [2.05, 4.69) is 14.9 Å². The van der Waals surface area contributed by atoms with E-state index in [1.807, 2.05) is 4.90 Å². The maximum absolute atomic E-state index is 13.0. The number of rotatable bonds is 5. The summed E-state index contributed by atoms with van der Waals surface area (Å²) in [5.74, 6) is 1.05. The van der Waals surface area contributed by atoms with Gasteiger partial charge in [-0.25, -0.2) is 4.98 Å². The normalized spacial score (nSPS) is 24.3. The zero-order valence-corrected chi connectivity index (χ0v) is 17.6. The van der Waals surface area contributed by atoms with E-state index in [-0.39, 0.29) is 18.1 Å². The molecule has 0 spiro atoms. The number of benzene rings is 1. The minimum atomic E-state index is -4.36. The smallest absolute Gasteiger partial charge is 0.416 e. The molecule has 3 aliphatic rings. The van der Waals surface area contributed by atoms with Crippen LogP contribution < -0.4 is 4.74 Å². The highest BCUT2D eigenvalue weighted by molar-refractivity contribution is 5.77. The van der Waals surface area contributed by atoms with Crippen LogP contribution in [-0.4, -0.2) is 57.5 Å². The predicted octanol–water partition coefficient (Wildman–Crippen LogP) is 3.63. The Bertz CT molecular complexity index is 978. The zero-order chi connectivity index (χ0) is 22.3. The standard InChI is InChI=1S/C23H25F3N4O2/c24-23(25,26)17-3-1-2-15(8-17)12-29-7-6-22(31)30-14-19(9-18(30)13-29)32-21-11-27-20(10-28-21)16-4-5-16/h1-3,8,10-11,16,18-19H,4-7,9,12-14H2/t18-,19+/m1/s1. The molecule has 2 aliphatic heterocycles. The van der Waals surface area contributed by atoms with Crippen molar-refractivity contribution in [3.8, 4) is 5.88 Å². The largest absolute Gasteiger partial charge is 0.471 e. The molecule has 6 nitrogen and oxygen atoms in total. The first kappa shape index (κ1) is 21.2. The number of fused-ring (bicyclic) bond motifs is 1. The lowest BCUT2D eigenvalue weighted by Gasteiger charge is -2.25. The van der Waals surface area contributed by atoms with Crippen LogP contribution in [0.2, 0.25) is 0 Å². The predicted molar refractivity (Wildman–Crippen MR) is 110 cm³/mol. The summed E-state index contributed by atoms with van der Waals surface area (Å²) in [5, 5.41) is 0. The third-order valence-electron chi connectivity index (χ3n) is 6.40. The van der Waals surface area contributed by atoms with Gasteiger partial charge >= 0.3 is 6.18 Å². The molecule has 0 unspecified atom stereocenters. The molecule has 3 heterocycles. The highest BCUT2D eigenvalue weighted by Gasteiger charge is 2.39. The number of amides is 1. The van der Waals surface area contributed by atoms with Gasteiger partial charge in [0.2, 0.25) is 11.8 Å². The van der Waals surface area contributed by atoms with Crippen LogP contribution in [0, 0.1) is 0 Å². The summed E-state index contributed by atoms with van der Waals surface area (Å²) in [6.07, 6.45) is 2.21. The quantitative estimate of drug-likeness (QED) is 0.702. The molecule has 1 aromatic carbocycles. The molecule has 1 aromatic heterocycles. The molecule has 2 aromatic rings. The Balaban J connectivity index is 1.22. The van der Waals surface area contributed by atoms with Crippen LogP contribution in [0.15, 0.2) is 36.7 Å². The van der Waals surface area contributed by atoms with Crippen molar-refractivity contribution in [2.75, 3.05) is 19.6 Å². The van der Waals surface area contributed by atoms with Crippen LogP contribution in [0.5, 0.6) is 5.88 Å². The molecule has 2 saturated heterocycles. The Morgan fingerprint density at radius 1 is 1.12 bits per heavy atom. The van der Waals surface area contributed by atoms with Crippen molar-refractivity contribution in [3.63, 3.8) is 0 Å². The highest BCUT2D eigenvalue weighted by atomic mass is 19.4. The lowest BCUT2D eigenvalue weighted by atomic mass is 10.1. The fourth-order valence-electron chi connectivity index (χ4n) is 4.62. The molecule has 0 N–H and O–H groups in total. The molecule has 170 valence electrons. The SMILES string of the molecule is O=C1CCN(Cc2cccc(C(F)(F)F)c2)C[C@H]2C[C@H](Oc3cnc(C4CC4)cn3)CN12. The number of ether oxygens (including phenoxy) is 1. The van der Waals surface area contributed by atoms with Gasteiger partial charge in [0.15, 0.2) is 0 Å². The Kier molecular flexibility index (Phi) is 5.53. The van der Waals surface area contributed by atoms with Gasteiger partial charge in [-0.1, -0.05) is 18.2 Å². The van der Waals surface area contributed by atoms with E-state index in [1.165, 1.54) is 12.1 Å². The third kappa shape index (κ3) is 4.72. The van der Waals surface area contributed by atoms with Gasteiger partial charge in [-0.15, -0.1) is 0 Å². The summed E-state index contributed by atoms with van der Waals surface area (Å²) in [7, 11) is 0. The minimum absolute atomic E-state index is 0.0282. The Morgan fingerprint density at radius 3 is 2.69 bits per heavy atom. The summed E-state index contributed by atoms with van der Waals surface area (Å²) in [6, 6.07) is 5.37.